The van der Waals surface area contributed by atoms with Gasteiger partial charge < -0.3 is 10.2 Å². The van der Waals surface area contributed by atoms with Crippen molar-refractivity contribution < 1.29 is 9.59 Å². The van der Waals surface area contributed by atoms with E-state index in [-0.39, 0.29) is 17.9 Å². The summed E-state index contributed by atoms with van der Waals surface area (Å²) in [6.07, 6.45) is 34.4. The first-order valence-corrected chi connectivity index (χ1v) is 13.4. The van der Waals surface area contributed by atoms with E-state index >= 15 is 0 Å². The molecule has 0 aliphatic carbocycles. The minimum absolute atomic E-state index is 0.0896. The summed E-state index contributed by atoms with van der Waals surface area (Å²) in [7, 11) is 0. The molecule has 0 radical (unpaired) electrons. The molecule has 36 heavy (non-hydrogen) atoms. The first kappa shape index (κ1) is 29.0. The van der Waals surface area contributed by atoms with Gasteiger partial charge in [-0.3, -0.25) is 14.6 Å². The minimum Gasteiger partial charge on any atom is -0.350 e. The molecule has 5 heteroatoms. The highest BCUT2D eigenvalue weighted by molar-refractivity contribution is 5.93. The molecular formula is C31H43N3O2. The summed E-state index contributed by atoms with van der Waals surface area (Å²) in [6.45, 7) is 3.43. The number of amides is 2. The second kappa shape index (κ2) is 19.0. The standard InChI is InChI=1S/C31H43N3O2/c1-2-3-4-5-6-7-8-9-10-11-12-13-14-15-16-17-18-23-30(35)34-25-20-22-29(34)27-33-31(36)28-21-19-24-32-26-28/h3-4,6-7,9-10,12-13,15-16,19,21,24,26,29H,2,5,8,11,14,17-18,20,22-23,25,27H2,1H3,(H,33,36)/t29-/m1/s1. The number of allylic oxidation sites excluding steroid dienone is 10. The number of aromatic nitrogens is 1. The number of pyridine rings is 1. The highest BCUT2D eigenvalue weighted by Gasteiger charge is 2.28. The van der Waals surface area contributed by atoms with E-state index in [0.717, 1.165) is 64.3 Å². The molecule has 1 aromatic rings. The van der Waals surface area contributed by atoms with Crippen LogP contribution in [0.25, 0.3) is 0 Å². The minimum atomic E-state index is -0.138. The number of carbonyl (C=O) groups excluding carboxylic acids is 2. The lowest BCUT2D eigenvalue weighted by Crippen LogP contribution is -2.43. The van der Waals surface area contributed by atoms with Crippen LogP contribution in [0.15, 0.2) is 85.3 Å². The maximum atomic E-state index is 12.7. The van der Waals surface area contributed by atoms with Crippen LogP contribution in [0.2, 0.25) is 0 Å². The summed E-state index contributed by atoms with van der Waals surface area (Å²) < 4.78 is 0. The molecule has 1 aromatic heterocycles. The van der Waals surface area contributed by atoms with Gasteiger partial charge in [-0.05, 0) is 69.9 Å². The van der Waals surface area contributed by atoms with Crippen LogP contribution in [-0.2, 0) is 4.79 Å². The summed E-state index contributed by atoms with van der Waals surface area (Å²) in [5, 5.41) is 2.95. The van der Waals surface area contributed by atoms with Crippen molar-refractivity contribution >= 4 is 11.8 Å². The molecule has 0 aromatic carbocycles. The van der Waals surface area contributed by atoms with Crippen LogP contribution >= 0.6 is 0 Å². The number of hydrogen-bond acceptors (Lipinski definition) is 3. The van der Waals surface area contributed by atoms with Crippen LogP contribution < -0.4 is 5.32 Å². The van der Waals surface area contributed by atoms with Gasteiger partial charge in [-0.2, -0.15) is 0 Å². The van der Waals surface area contributed by atoms with Crippen molar-refractivity contribution in [1.82, 2.24) is 15.2 Å². The van der Waals surface area contributed by atoms with Gasteiger partial charge in [0.05, 0.1) is 5.56 Å². The Hall–Kier alpha value is -3.21. The van der Waals surface area contributed by atoms with Crippen LogP contribution in [0.1, 0.15) is 81.5 Å². The van der Waals surface area contributed by atoms with Gasteiger partial charge in [0.15, 0.2) is 0 Å². The van der Waals surface area contributed by atoms with Gasteiger partial charge in [0.1, 0.15) is 0 Å². The van der Waals surface area contributed by atoms with E-state index in [0.29, 0.717) is 18.5 Å². The second-order valence-corrected chi connectivity index (χ2v) is 8.94. The number of rotatable bonds is 16. The number of nitrogens with one attached hydrogen (secondary N) is 1. The lowest BCUT2D eigenvalue weighted by molar-refractivity contribution is -0.132. The number of unbranched alkanes of at least 4 members (excludes halogenated alkanes) is 1. The summed E-state index contributed by atoms with van der Waals surface area (Å²) in [5.74, 6) is 0.0567. The van der Waals surface area contributed by atoms with Crippen LogP contribution in [0.5, 0.6) is 0 Å². The molecule has 2 heterocycles. The number of carbonyl (C=O) groups is 2. The van der Waals surface area contributed by atoms with E-state index in [2.05, 4.69) is 78.0 Å². The van der Waals surface area contributed by atoms with Gasteiger partial charge >= 0.3 is 0 Å². The fourth-order valence-corrected chi connectivity index (χ4v) is 4.07. The Kier molecular flexibility index (Phi) is 15.3. The lowest BCUT2D eigenvalue weighted by atomic mass is 10.1. The summed E-state index contributed by atoms with van der Waals surface area (Å²) in [5.41, 5.74) is 0.547. The number of likely N-dealkylation sites (tertiary alicyclic amines) is 1. The Labute approximate surface area is 217 Å². The van der Waals surface area contributed by atoms with Crippen LogP contribution in [0, 0.1) is 0 Å². The largest absolute Gasteiger partial charge is 0.350 e. The first-order valence-electron chi connectivity index (χ1n) is 13.4. The van der Waals surface area contributed by atoms with Crippen molar-refractivity contribution in [3.05, 3.63) is 90.9 Å². The van der Waals surface area contributed by atoms with E-state index in [1.165, 1.54) is 0 Å². The SMILES string of the molecule is CCC=CCC=CCC=CCC=CCC=CCCCC(=O)N1CCC[C@@H]1CNC(=O)c1cccnc1. The molecule has 1 fully saturated rings. The quantitative estimate of drug-likeness (QED) is 0.207. The highest BCUT2D eigenvalue weighted by Crippen LogP contribution is 2.18. The molecule has 194 valence electrons. The van der Waals surface area contributed by atoms with Crippen molar-refractivity contribution in [3.63, 3.8) is 0 Å². The molecule has 1 saturated heterocycles. The van der Waals surface area contributed by atoms with E-state index < -0.39 is 0 Å². The number of hydrogen-bond donors (Lipinski definition) is 1. The van der Waals surface area contributed by atoms with Crippen LogP contribution in [-0.4, -0.2) is 40.8 Å². The Bertz CT molecular complexity index is 900. The van der Waals surface area contributed by atoms with E-state index in [4.69, 9.17) is 0 Å². The topological polar surface area (TPSA) is 62.3 Å². The second-order valence-electron chi connectivity index (χ2n) is 8.94. The molecule has 0 spiro atoms. The maximum Gasteiger partial charge on any atom is 0.252 e. The summed E-state index contributed by atoms with van der Waals surface area (Å²) >= 11 is 0. The molecular weight excluding hydrogens is 446 g/mol. The maximum absolute atomic E-state index is 12.7. The molecule has 1 atom stereocenters. The average Bonchev–Trinajstić information content (AvgIpc) is 3.38. The van der Waals surface area contributed by atoms with E-state index in [9.17, 15) is 9.59 Å². The highest BCUT2D eigenvalue weighted by atomic mass is 16.2. The van der Waals surface area contributed by atoms with Gasteiger partial charge in [0.2, 0.25) is 5.91 Å². The molecule has 2 rings (SSSR count). The smallest absolute Gasteiger partial charge is 0.252 e. The first-order chi connectivity index (χ1) is 17.7. The van der Waals surface area contributed by atoms with Gasteiger partial charge in [-0.15, -0.1) is 0 Å². The molecule has 1 aliphatic heterocycles. The zero-order valence-electron chi connectivity index (χ0n) is 21.9. The monoisotopic (exact) mass is 489 g/mol. The van der Waals surface area contributed by atoms with Gasteiger partial charge in [0, 0.05) is 37.9 Å². The normalized spacial score (nSPS) is 16.5. The average molecular weight is 490 g/mol. The van der Waals surface area contributed by atoms with Crippen LogP contribution in [0.3, 0.4) is 0 Å². The fraction of sp³-hybridized carbons (Fsp3) is 0.452. The van der Waals surface area contributed by atoms with Crippen LogP contribution in [0.4, 0.5) is 0 Å². The number of nitrogens with zero attached hydrogens (tertiary/aromatic N) is 2. The summed E-state index contributed by atoms with van der Waals surface area (Å²) in [6, 6.07) is 3.58. The predicted octanol–water partition coefficient (Wildman–Crippen LogP) is 6.72. The van der Waals surface area contributed by atoms with Crippen molar-refractivity contribution in [2.45, 2.75) is 77.2 Å². The third-order valence-corrected chi connectivity index (χ3v) is 6.04. The van der Waals surface area contributed by atoms with Crippen molar-refractivity contribution in [1.29, 1.82) is 0 Å². The Balaban J connectivity index is 1.53. The van der Waals surface area contributed by atoms with E-state index in [1.807, 2.05) is 4.90 Å². The predicted molar refractivity (Wildman–Crippen MR) is 150 cm³/mol. The zero-order chi connectivity index (χ0) is 25.7. The molecule has 0 saturated carbocycles. The Morgan fingerprint density at radius 2 is 1.61 bits per heavy atom. The lowest BCUT2D eigenvalue weighted by Gasteiger charge is -2.25. The van der Waals surface area contributed by atoms with Crippen molar-refractivity contribution in [3.8, 4) is 0 Å². The van der Waals surface area contributed by atoms with Crippen molar-refractivity contribution in [2.24, 2.45) is 0 Å². The Morgan fingerprint density at radius 3 is 2.22 bits per heavy atom. The van der Waals surface area contributed by atoms with Gasteiger partial charge in [-0.25, -0.2) is 0 Å². The van der Waals surface area contributed by atoms with Crippen molar-refractivity contribution in [2.75, 3.05) is 13.1 Å². The molecule has 0 unspecified atom stereocenters. The molecule has 0 bridgehead atoms. The van der Waals surface area contributed by atoms with E-state index in [1.54, 1.807) is 24.5 Å². The third kappa shape index (κ3) is 12.5. The molecule has 1 N–H and O–H groups in total. The molecule has 5 nitrogen and oxygen atoms in total. The van der Waals surface area contributed by atoms with Gasteiger partial charge in [-0.1, -0.05) is 67.7 Å². The molecule has 2 amide bonds. The summed E-state index contributed by atoms with van der Waals surface area (Å²) in [4.78, 5) is 30.9. The molecule has 1 aliphatic rings. The van der Waals surface area contributed by atoms with Gasteiger partial charge in [0.25, 0.3) is 5.91 Å². The fourth-order valence-electron chi connectivity index (χ4n) is 4.07. The Morgan fingerprint density at radius 1 is 0.972 bits per heavy atom. The zero-order valence-corrected chi connectivity index (χ0v) is 21.9. The third-order valence-electron chi connectivity index (χ3n) is 6.04.